The Morgan fingerprint density at radius 3 is 2.90 bits per heavy atom. The molecule has 1 aromatic heterocycles. The second-order valence-electron chi connectivity index (χ2n) is 7.49. The van der Waals surface area contributed by atoms with E-state index in [-0.39, 0.29) is 17.6 Å². The summed E-state index contributed by atoms with van der Waals surface area (Å²) in [5.74, 6) is 0.686. The van der Waals surface area contributed by atoms with Gasteiger partial charge in [-0.05, 0) is 55.7 Å². The lowest BCUT2D eigenvalue weighted by atomic mass is 9.97. The average molecular weight is 425 g/mol. The minimum atomic E-state index is -0.326. The number of carbonyl (C=O) groups is 1. The molecule has 3 aromatic rings. The van der Waals surface area contributed by atoms with Crippen molar-refractivity contribution in [2.75, 3.05) is 23.3 Å². The lowest BCUT2D eigenvalue weighted by molar-refractivity contribution is -0.120. The quantitative estimate of drug-likeness (QED) is 0.633. The highest BCUT2D eigenvalue weighted by atomic mass is 35.5. The number of nitrogens with one attached hydrogen (secondary N) is 1. The molecule has 0 radical (unpaired) electrons. The van der Waals surface area contributed by atoms with E-state index in [1.54, 1.807) is 24.4 Å². The monoisotopic (exact) mass is 424 g/mol. The van der Waals surface area contributed by atoms with Crippen LogP contribution in [0.3, 0.4) is 0 Å². The number of hydrogen-bond acceptors (Lipinski definition) is 4. The van der Waals surface area contributed by atoms with Gasteiger partial charge < -0.3 is 10.2 Å². The molecule has 5 nitrogen and oxygen atoms in total. The van der Waals surface area contributed by atoms with E-state index in [9.17, 15) is 9.18 Å². The van der Waals surface area contributed by atoms with Crippen molar-refractivity contribution in [1.82, 2.24) is 9.97 Å². The summed E-state index contributed by atoms with van der Waals surface area (Å²) in [6, 6.07) is 13.6. The first-order chi connectivity index (χ1) is 14.5. The SMILES string of the molecule is Cc1ccc(NC(=O)[C@@H]2CCCN(c3ccnc(-c4cccc(F)c4)n3)C2)cc1Cl. The average Bonchev–Trinajstić information content (AvgIpc) is 2.76. The standard InChI is InChI=1S/C23H22ClFN4O/c1-15-7-8-19(13-20(15)24)27-23(30)17-5-3-11-29(14-17)21-9-10-26-22(28-21)16-4-2-6-18(25)12-16/h2,4,6-10,12-13,17H,3,5,11,14H2,1H3,(H,27,30)/t17-/m1/s1. The largest absolute Gasteiger partial charge is 0.356 e. The van der Waals surface area contributed by atoms with Gasteiger partial charge in [-0.1, -0.05) is 29.8 Å². The van der Waals surface area contributed by atoms with Gasteiger partial charge in [0.15, 0.2) is 5.82 Å². The maximum atomic E-state index is 13.6. The van der Waals surface area contributed by atoms with E-state index in [0.717, 1.165) is 30.8 Å². The molecule has 1 aliphatic rings. The summed E-state index contributed by atoms with van der Waals surface area (Å²) in [6.07, 6.45) is 3.36. The summed E-state index contributed by atoms with van der Waals surface area (Å²) < 4.78 is 13.6. The maximum Gasteiger partial charge on any atom is 0.229 e. The van der Waals surface area contributed by atoms with E-state index in [4.69, 9.17) is 11.6 Å². The van der Waals surface area contributed by atoms with Gasteiger partial charge in [-0.25, -0.2) is 14.4 Å². The Hall–Kier alpha value is -2.99. The summed E-state index contributed by atoms with van der Waals surface area (Å²) in [5, 5.41) is 3.60. The van der Waals surface area contributed by atoms with Crippen molar-refractivity contribution in [2.24, 2.45) is 5.92 Å². The van der Waals surface area contributed by atoms with E-state index in [0.29, 0.717) is 28.6 Å². The Kier molecular flexibility index (Phi) is 5.95. The molecule has 0 aliphatic carbocycles. The zero-order valence-corrected chi connectivity index (χ0v) is 17.4. The molecule has 1 N–H and O–H groups in total. The van der Waals surface area contributed by atoms with Gasteiger partial charge >= 0.3 is 0 Å². The van der Waals surface area contributed by atoms with Gasteiger partial charge in [0.1, 0.15) is 11.6 Å². The fourth-order valence-electron chi connectivity index (χ4n) is 3.61. The third-order valence-corrected chi connectivity index (χ3v) is 5.69. The molecule has 1 amide bonds. The molecule has 0 unspecified atom stereocenters. The molecule has 0 spiro atoms. The number of piperidine rings is 1. The molecule has 2 heterocycles. The zero-order chi connectivity index (χ0) is 21.1. The number of hydrogen-bond donors (Lipinski definition) is 1. The van der Waals surface area contributed by atoms with E-state index in [1.165, 1.54) is 12.1 Å². The third kappa shape index (κ3) is 4.60. The van der Waals surface area contributed by atoms with Gasteiger partial charge in [-0.3, -0.25) is 4.79 Å². The van der Waals surface area contributed by atoms with Crippen LogP contribution in [0, 0.1) is 18.7 Å². The first kappa shape index (κ1) is 20.3. The predicted molar refractivity (Wildman–Crippen MR) is 117 cm³/mol. The van der Waals surface area contributed by atoms with Crippen LogP contribution in [-0.4, -0.2) is 29.0 Å². The molecule has 1 aliphatic heterocycles. The van der Waals surface area contributed by atoms with Crippen molar-refractivity contribution >= 4 is 29.0 Å². The summed E-state index contributed by atoms with van der Waals surface area (Å²) in [6.45, 7) is 3.29. The van der Waals surface area contributed by atoms with Gasteiger partial charge in [-0.2, -0.15) is 0 Å². The minimum Gasteiger partial charge on any atom is -0.356 e. The second-order valence-corrected chi connectivity index (χ2v) is 7.89. The maximum absolute atomic E-state index is 13.6. The number of anilines is 2. The Labute approximate surface area is 179 Å². The minimum absolute atomic E-state index is 0.0287. The van der Waals surface area contributed by atoms with E-state index in [1.807, 2.05) is 25.1 Å². The Bertz CT molecular complexity index is 1070. The van der Waals surface area contributed by atoms with E-state index < -0.39 is 0 Å². The van der Waals surface area contributed by atoms with E-state index in [2.05, 4.69) is 20.2 Å². The fraction of sp³-hybridized carbons (Fsp3) is 0.261. The Morgan fingerprint density at radius 1 is 1.23 bits per heavy atom. The van der Waals surface area contributed by atoms with Crippen LogP contribution < -0.4 is 10.2 Å². The van der Waals surface area contributed by atoms with Crippen molar-refractivity contribution in [2.45, 2.75) is 19.8 Å². The van der Waals surface area contributed by atoms with Gasteiger partial charge in [-0.15, -0.1) is 0 Å². The third-order valence-electron chi connectivity index (χ3n) is 5.28. The second kappa shape index (κ2) is 8.79. The summed E-state index contributed by atoms with van der Waals surface area (Å²) in [7, 11) is 0. The molecule has 4 rings (SSSR count). The number of rotatable bonds is 4. The van der Waals surface area contributed by atoms with Crippen molar-refractivity contribution in [3.05, 3.63) is 71.1 Å². The molecule has 1 saturated heterocycles. The number of halogens is 2. The highest BCUT2D eigenvalue weighted by molar-refractivity contribution is 6.31. The van der Waals surface area contributed by atoms with Crippen LogP contribution in [0.25, 0.3) is 11.4 Å². The summed E-state index contributed by atoms with van der Waals surface area (Å²) in [4.78, 5) is 23.8. The lowest BCUT2D eigenvalue weighted by Crippen LogP contribution is -2.41. The number of aromatic nitrogens is 2. The molecular weight excluding hydrogens is 403 g/mol. The van der Waals surface area contributed by atoms with Crippen molar-refractivity contribution in [3.63, 3.8) is 0 Å². The lowest BCUT2D eigenvalue weighted by Gasteiger charge is -2.33. The van der Waals surface area contributed by atoms with Gasteiger partial charge in [0, 0.05) is 35.6 Å². The van der Waals surface area contributed by atoms with Crippen LogP contribution in [0.5, 0.6) is 0 Å². The predicted octanol–water partition coefficient (Wildman–Crippen LogP) is 5.10. The molecule has 7 heteroatoms. The van der Waals surface area contributed by atoms with Crippen LogP contribution in [-0.2, 0) is 4.79 Å². The van der Waals surface area contributed by atoms with Crippen molar-refractivity contribution < 1.29 is 9.18 Å². The van der Waals surface area contributed by atoms with Crippen molar-refractivity contribution in [1.29, 1.82) is 0 Å². The smallest absolute Gasteiger partial charge is 0.229 e. The Morgan fingerprint density at radius 2 is 2.10 bits per heavy atom. The van der Waals surface area contributed by atoms with Gasteiger partial charge in [0.05, 0.1) is 5.92 Å². The molecule has 30 heavy (non-hydrogen) atoms. The van der Waals surface area contributed by atoms with Crippen molar-refractivity contribution in [3.8, 4) is 11.4 Å². The van der Waals surface area contributed by atoms with Crippen LogP contribution in [0.2, 0.25) is 5.02 Å². The molecule has 0 bridgehead atoms. The van der Waals surface area contributed by atoms with E-state index >= 15 is 0 Å². The number of nitrogens with zero attached hydrogens (tertiary/aromatic N) is 3. The molecule has 1 fully saturated rings. The molecule has 154 valence electrons. The summed E-state index contributed by atoms with van der Waals surface area (Å²) in [5.41, 5.74) is 2.29. The number of carbonyl (C=O) groups excluding carboxylic acids is 1. The number of benzene rings is 2. The highest BCUT2D eigenvalue weighted by Gasteiger charge is 2.27. The van der Waals surface area contributed by atoms with Crippen LogP contribution in [0.4, 0.5) is 15.9 Å². The zero-order valence-electron chi connectivity index (χ0n) is 16.6. The van der Waals surface area contributed by atoms with Crippen LogP contribution in [0.15, 0.2) is 54.7 Å². The van der Waals surface area contributed by atoms with Gasteiger partial charge in [0.25, 0.3) is 0 Å². The molecular formula is C23H22ClFN4O. The Balaban J connectivity index is 1.48. The first-order valence-electron chi connectivity index (χ1n) is 9.90. The number of amides is 1. The molecule has 0 saturated carbocycles. The summed E-state index contributed by atoms with van der Waals surface area (Å²) >= 11 is 6.16. The van der Waals surface area contributed by atoms with Gasteiger partial charge in [0.2, 0.25) is 5.91 Å². The first-order valence-corrected chi connectivity index (χ1v) is 10.3. The molecule has 2 aromatic carbocycles. The highest BCUT2D eigenvalue weighted by Crippen LogP contribution is 2.26. The molecule has 1 atom stereocenters. The number of aryl methyl sites for hydroxylation is 1. The normalized spacial score (nSPS) is 16.4. The fourth-order valence-corrected chi connectivity index (χ4v) is 3.79. The topological polar surface area (TPSA) is 58.1 Å². The van der Waals surface area contributed by atoms with Crippen LogP contribution >= 0.6 is 11.6 Å². The van der Waals surface area contributed by atoms with Crippen LogP contribution in [0.1, 0.15) is 18.4 Å².